The van der Waals surface area contributed by atoms with Crippen molar-refractivity contribution in [2.75, 3.05) is 25.9 Å². The summed E-state index contributed by atoms with van der Waals surface area (Å²) < 4.78 is 25.1. The fourth-order valence-corrected chi connectivity index (χ4v) is 4.97. The maximum atomic E-state index is 11.7. The number of nitrogens with zero attached hydrogens (tertiary/aromatic N) is 1. The second kappa shape index (κ2) is 7.93. The van der Waals surface area contributed by atoms with Gasteiger partial charge in [0.1, 0.15) is 0 Å². The van der Waals surface area contributed by atoms with Crippen LogP contribution in [-0.4, -0.2) is 44.7 Å². The molecule has 1 saturated heterocycles. The number of piperidine rings is 1. The number of nitrogens with one attached hydrogen (secondary N) is 1. The second-order valence-corrected chi connectivity index (χ2v) is 9.03. The zero-order valence-corrected chi connectivity index (χ0v) is 14.5. The van der Waals surface area contributed by atoms with E-state index in [0.29, 0.717) is 12.0 Å². The van der Waals surface area contributed by atoms with Gasteiger partial charge in [-0.2, -0.15) is 0 Å². The van der Waals surface area contributed by atoms with E-state index in [1.165, 1.54) is 51.2 Å². The molecule has 0 radical (unpaired) electrons. The molecule has 0 bridgehead atoms. The molecule has 2 rings (SSSR count). The molecule has 1 aliphatic heterocycles. The van der Waals surface area contributed by atoms with Gasteiger partial charge in [-0.3, -0.25) is 0 Å². The van der Waals surface area contributed by atoms with Crippen LogP contribution in [0.4, 0.5) is 0 Å². The highest BCUT2D eigenvalue weighted by Gasteiger charge is 2.29. The van der Waals surface area contributed by atoms with Gasteiger partial charge in [0.25, 0.3) is 0 Å². The summed E-state index contributed by atoms with van der Waals surface area (Å²) in [5.41, 5.74) is 0. The van der Waals surface area contributed by atoms with Crippen LogP contribution in [0.3, 0.4) is 0 Å². The molecule has 0 aromatic heterocycles. The summed E-state index contributed by atoms with van der Waals surface area (Å²) in [4.78, 5) is 0. The van der Waals surface area contributed by atoms with E-state index in [9.17, 15) is 8.42 Å². The summed E-state index contributed by atoms with van der Waals surface area (Å²) in [5.74, 6) is 1.36. The molecule has 3 unspecified atom stereocenters. The average molecular weight is 317 g/mol. The maximum Gasteiger partial charge on any atom is 0.211 e. The zero-order chi connectivity index (χ0) is 15.3. The van der Waals surface area contributed by atoms with Crippen LogP contribution < -0.4 is 5.32 Å². The normalized spacial score (nSPS) is 32.2. The molecule has 0 amide bonds. The average Bonchev–Trinajstić information content (AvgIpc) is 2.45. The summed E-state index contributed by atoms with van der Waals surface area (Å²) in [6, 6.07) is 0.693. The predicted octanol–water partition coefficient (Wildman–Crippen LogP) is 2.61. The monoisotopic (exact) mass is 316 g/mol. The highest BCUT2D eigenvalue weighted by atomic mass is 32.2. The van der Waals surface area contributed by atoms with Crippen molar-refractivity contribution in [3.8, 4) is 0 Å². The van der Waals surface area contributed by atoms with E-state index < -0.39 is 10.0 Å². The maximum absolute atomic E-state index is 11.7. The van der Waals surface area contributed by atoms with Gasteiger partial charge in [-0.15, -0.1) is 0 Å². The Kier molecular flexibility index (Phi) is 6.51. The third kappa shape index (κ3) is 5.53. The van der Waals surface area contributed by atoms with E-state index in [1.54, 1.807) is 4.31 Å². The smallest absolute Gasteiger partial charge is 0.211 e. The molecule has 1 N–H and O–H groups in total. The summed E-state index contributed by atoms with van der Waals surface area (Å²) >= 11 is 0. The van der Waals surface area contributed by atoms with Crippen LogP contribution in [0.25, 0.3) is 0 Å². The summed E-state index contributed by atoms with van der Waals surface area (Å²) in [6.07, 6.45) is 11.3. The Balaban J connectivity index is 1.80. The number of rotatable bonds is 6. The van der Waals surface area contributed by atoms with Gasteiger partial charge in [0, 0.05) is 19.1 Å². The van der Waals surface area contributed by atoms with Gasteiger partial charge in [-0.05, 0) is 56.9 Å². The first-order valence-electron chi connectivity index (χ1n) is 8.67. The molecule has 124 valence electrons. The molecule has 21 heavy (non-hydrogen) atoms. The van der Waals surface area contributed by atoms with Crippen molar-refractivity contribution in [1.29, 1.82) is 0 Å². The third-order valence-electron chi connectivity index (χ3n) is 5.08. The van der Waals surface area contributed by atoms with E-state index in [4.69, 9.17) is 0 Å². The van der Waals surface area contributed by atoms with E-state index in [1.807, 2.05) is 0 Å². The van der Waals surface area contributed by atoms with Crippen LogP contribution >= 0.6 is 0 Å². The third-order valence-corrected chi connectivity index (χ3v) is 6.35. The Labute approximate surface area is 130 Å². The second-order valence-electron chi connectivity index (χ2n) is 7.05. The Morgan fingerprint density at radius 2 is 1.90 bits per heavy atom. The van der Waals surface area contributed by atoms with E-state index in [-0.39, 0.29) is 0 Å². The van der Waals surface area contributed by atoms with Gasteiger partial charge in [0.05, 0.1) is 6.26 Å². The Morgan fingerprint density at radius 3 is 2.62 bits per heavy atom. The van der Waals surface area contributed by atoms with Crippen LogP contribution in [-0.2, 0) is 10.0 Å². The molecule has 2 aliphatic rings. The van der Waals surface area contributed by atoms with Crippen LogP contribution in [0.2, 0.25) is 0 Å². The van der Waals surface area contributed by atoms with Gasteiger partial charge in [-0.1, -0.05) is 19.8 Å². The van der Waals surface area contributed by atoms with Gasteiger partial charge in [-0.25, -0.2) is 12.7 Å². The minimum absolute atomic E-state index is 0.573. The van der Waals surface area contributed by atoms with Gasteiger partial charge < -0.3 is 5.32 Å². The first-order valence-corrected chi connectivity index (χ1v) is 10.5. The summed E-state index contributed by atoms with van der Waals surface area (Å²) in [6.45, 7) is 4.82. The summed E-state index contributed by atoms with van der Waals surface area (Å²) in [5, 5.41) is 3.67. The van der Waals surface area contributed by atoms with E-state index in [0.717, 1.165) is 32.0 Å². The van der Waals surface area contributed by atoms with Crippen molar-refractivity contribution >= 4 is 10.0 Å². The highest BCUT2D eigenvalue weighted by molar-refractivity contribution is 7.88. The molecule has 0 spiro atoms. The van der Waals surface area contributed by atoms with Crippen LogP contribution in [0.15, 0.2) is 0 Å². The largest absolute Gasteiger partial charge is 0.314 e. The molecule has 3 atom stereocenters. The zero-order valence-electron chi connectivity index (χ0n) is 13.7. The fourth-order valence-electron chi connectivity index (χ4n) is 4.03. The molecule has 2 fully saturated rings. The topological polar surface area (TPSA) is 49.4 Å². The van der Waals surface area contributed by atoms with Gasteiger partial charge in [0.15, 0.2) is 0 Å². The van der Waals surface area contributed by atoms with Crippen LogP contribution in [0, 0.1) is 11.8 Å². The molecule has 4 nitrogen and oxygen atoms in total. The first-order chi connectivity index (χ1) is 9.99. The molecular formula is C16H32N2O2S. The fraction of sp³-hybridized carbons (Fsp3) is 1.00. The lowest BCUT2D eigenvalue weighted by Gasteiger charge is -2.36. The highest BCUT2D eigenvalue weighted by Crippen LogP contribution is 2.33. The lowest BCUT2D eigenvalue weighted by molar-refractivity contribution is 0.193. The van der Waals surface area contributed by atoms with Crippen LogP contribution in [0.1, 0.15) is 58.3 Å². The lowest BCUT2D eigenvalue weighted by Crippen LogP contribution is -2.40. The number of sulfonamides is 1. The minimum atomic E-state index is -3.00. The SMILES string of the molecule is CCCNC1CCCC(CC2CCCN(S(C)(=O)=O)C2)C1. The molecule has 0 aromatic carbocycles. The van der Waals surface area contributed by atoms with Crippen molar-refractivity contribution in [2.24, 2.45) is 11.8 Å². The van der Waals surface area contributed by atoms with E-state index in [2.05, 4.69) is 12.2 Å². The van der Waals surface area contributed by atoms with E-state index >= 15 is 0 Å². The summed E-state index contributed by atoms with van der Waals surface area (Å²) in [7, 11) is -3.00. The standard InChI is InChI=1S/C16H32N2O2S/c1-3-9-17-16-8-4-6-14(12-16)11-15-7-5-10-18(13-15)21(2,19)20/h14-17H,3-13H2,1-2H3. The quantitative estimate of drug-likeness (QED) is 0.819. The Bertz CT molecular complexity index is 411. The van der Waals surface area contributed by atoms with Gasteiger partial charge in [0.2, 0.25) is 10.0 Å². The molecule has 1 heterocycles. The van der Waals surface area contributed by atoms with Crippen LogP contribution in [0.5, 0.6) is 0 Å². The van der Waals surface area contributed by atoms with Crippen molar-refractivity contribution in [3.05, 3.63) is 0 Å². The number of hydrogen-bond donors (Lipinski definition) is 1. The lowest BCUT2D eigenvalue weighted by atomic mass is 9.79. The molecule has 1 aliphatic carbocycles. The minimum Gasteiger partial charge on any atom is -0.314 e. The Hall–Kier alpha value is -0.130. The Morgan fingerprint density at radius 1 is 1.14 bits per heavy atom. The van der Waals surface area contributed by atoms with Crippen molar-refractivity contribution in [2.45, 2.75) is 64.3 Å². The molecule has 0 aromatic rings. The number of hydrogen-bond acceptors (Lipinski definition) is 3. The predicted molar refractivity (Wildman–Crippen MR) is 87.8 cm³/mol. The van der Waals surface area contributed by atoms with Gasteiger partial charge >= 0.3 is 0 Å². The first kappa shape index (κ1) is 17.2. The van der Waals surface area contributed by atoms with Crippen molar-refractivity contribution in [3.63, 3.8) is 0 Å². The molecular weight excluding hydrogens is 284 g/mol. The molecule has 1 saturated carbocycles. The van der Waals surface area contributed by atoms with Crippen molar-refractivity contribution < 1.29 is 8.42 Å². The molecule has 5 heteroatoms. The van der Waals surface area contributed by atoms with Crippen molar-refractivity contribution in [1.82, 2.24) is 9.62 Å².